The van der Waals surface area contributed by atoms with Crippen molar-refractivity contribution in [2.75, 3.05) is 6.51 Å². The molecule has 0 amide bonds. The van der Waals surface area contributed by atoms with Crippen LogP contribution in [0.5, 0.6) is 5.75 Å². The van der Waals surface area contributed by atoms with E-state index in [4.69, 9.17) is 14.8 Å². The number of rotatable bonds is 3. The Morgan fingerprint density at radius 1 is 1.42 bits per heavy atom. The lowest BCUT2D eigenvalue weighted by Crippen LogP contribution is -2.22. The zero-order valence-electron chi connectivity index (χ0n) is 6.34. The summed E-state index contributed by atoms with van der Waals surface area (Å²) >= 11 is 4.09. The van der Waals surface area contributed by atoms with Crippen LogP contribution in [0.2, 0.25) is 0 Å². The first kappa shape index (κ1) is 9.44. The summed E-state index contributed by atoms with van der Waals surface area (Å²) in [6, 6.07) is 7.01. The van der Waals surface area contributed by atoms with E-state index in [2.05, 4.69) is 12.6 Å². The number of thiol groups is 1. The van der Waals surface area contributed by atoms with Gasteiger partial charge in [-0.15, -0.1) is 12.6 Å². The van der Waals surface area contributed by atoms with Crippen molar-refractivity contribution in [3.05, 3.63) is 24.3 Å². The van der Waals surface area contributed by atoms with E-state index in [1.807, 2.05) is 6.07 Å². The lowest BCUT2D eigenvalue weighted by molar-refractivity contribution is 0.306. The molecule has 0 spiro atoms. The monoisotopic (exact) mass is 184 g/mol. The van der Waals surface area contributed by atoms with E-state index in [9.17, 15) is 0 Å². The molecule has 0 heterocycles. The Morgan fingerprint density at radius 2 is 2.17 bits per heavy atom. The Labute approximate surface area is 76.5 Å². The van der Waals surface area contributed by atoms with Crippen LogP contribution in [0.4, 0.5) is 0 Å². The summed E-state index contributed by atoms with van der Waals surface area (Å²) in [5, 5.41) is 17.0. The molecular formula is C7H9BO3S. The lowest BCUT2D eigenvalue weighted by Gasteiger charge is -2.04. The number of benzene rings is 1. The largest absolute Gasteiger partial charge is 0.496 e. The summed E-state index contributed by atoms with van der Waals surface area (Å²) in [6.45, 7) is -0.128. The van der Waals surface area contributed by atoms with Gasteiger partial charge in [-0.2, -0.15) is 0 Å². The highest BCUT2D eigenvalue weighted by molar-refractivity contribution is 7.80. The van der Waals surface area contributed by atoms with Crippen LogP contribution in [0, 0.1) is 0 Å². The van der Waals surface area contributed by atoms with Gasteiger partial charge in [0.25, 0.3) is 0 Å². The predicted molar refractivity (Wildman–Crippen MR) is 49.4 cm³/mol. The molecule has 5 heteroatoms. The molecule has 12 heavy (non-hydrogen) atoms. The van der Waals surface area contributed by atoms with Crippen LogP contribution in [0.15, 0.2) is 29.2 Å². The molecule has 0 saturated heterocycles. The van der Waals surface area contributed by atoms with E-state index in [1.54, 1.807) is 18.2 Å². The van der Waals surface area contributed by atoms with Crippen molar-refractivity contribution in [2.45, 2.75) is 4.90 Å². The van der Waals surface area contributed by atoms with Crippen molar-refractivity contribution in [2.24, 2.45) is 0 Å². The molecule has 0 aliphatic heterocycles. The Hall–Kier alpha value is -0.645. The molecule has 0 radical (unpaired) electrons. The average molecular weight is 184 g/mol. The van der Waals surface area contributed by atoms with Crippen molar-refractivity contribution < 1.29 is 14.8 Å². The maximum Gasteiger partial charge on any atom is 0.491 e. The second-order valence-electron chi connectivity index (χ2n) is 2.29. The maximum absolute atomic E-state index is 8.49. The molecule has 1 aromatic rings. The molecule has 1 rings (SSSR count). The van der Waals surface area contributed by atoms with Crippen molar-refractivity contribution in [3.63, 3.8) is 0 Å². The van der Waals surface area contributed by atoms with Gasteiger partial charge in [0.15, 0.2) is 0 Å². The second kappa shape index (κ2) is 4.40. The van der Waals surface area contributed by atoms with Crippen LogP contribution in [-0.2, 0) is 0 Å². The molecule has 64 valence electrons. The highest BCUT2D eigenvalue weighted by Gasteiger charge is 2.06. The first-order valence-corrected chi connectivity index (χ1v) is 3.91. The van der Waals surface area contributed by atoms with Crippen LogP contribution in [0.1, 0.15) is 0 Å². The molecule has 0 fully saturated rings. The van der Waals surface area contributed by atoms with E-state index in [1.165, 1.54) is 0 Å². The summed E-state index contributed by atoms with van der Waals surface area (Å²) in [4.78, 5) is 0.778. The van der Waals surface area contributed by atoms with Crippen molar-refractivity contribution in [3.8, 4) is 5.75 Å². The summed E-state index contributed by atoms with van der Waals surface area (Å²) < 4.78 is 5.00. The van der Waals surface area contributed by atoms with Crippen LogP contribution < -0.4 is 4.74 Å². The Balaban J connectivity index is 2.52. The molecule has 0 aliphatic carbocycles. The fourth-order valence-corrected chi connectivity index (χ4v) is 0.957. The zero-order valence-corrected chi connectivity index (χ0v) is 7.24. The third kappa shape index (κ3) is 3.17. The van der Waals surface area contributed by atoms with Crippen LogP contribution in [0.25, 0.3) is 0 Å². The number of hydrogen-bond donors (Lipinski definition) is 3. The Bertz CT molecular complexity index is 254. The van der Waals surface area contributed by atoms with Crippen LogP contribution in [-0.4, -0.2) is 23.7 Å². The number of hydrogen-bond acceptors (Lipinski definition) is 4. The van der Waals surface area contributed by atoms with Crippen LogP contribution in [0.3, 0.4) is 0 Å². The van der Waals surface area contributed by atoms with E-state index >= 15 is 0 Å². The van der Waals surface area contributed by atoms with Gasteiger partial charge < -0.3 is 14.8 Å². The molecule has 0 saturated carbocycles. The highest BCUT2D eigenvalue weighted by Crippen LogP contribution is 2.15. The summed E-state index contributed by atoms with van der Waals surface area (Å²) in [7, 11) is -1.44. The van der Waals surface area contributed by atoms with E-state index < -0.39 is 7.12 Å². The minimum atomic E-state index is -1.44. The van der Waals surface area contributed by atoms with Gasteiger partial charge in [0.05, 0.1) is 0 Å². The van der Waals surface area contributed by atoms with Crippen molar-refractivity contribution in [1.29, 1.82) is 0 Å². The SMILES string of the molecule is OB(O)COc1cccc(S)c1. The lowest BCUT2D eigenvalue weighted by atomic mass is 9.95. The van der Waals surface area contributed by atoms with Gasteiger partial charge in [-0.3, -0.25) is 0 Å². The first-order valence-electron chi connectivity index (χ1n) is 3.46. The predicted octanol–water partition coefficient (Wildman–Crippen LogP) is 0.366. The molecule has 0 unspecified atom stereocenters. The molecule has 1 aromatic carbocycles. The molecule has 3 nitrogen and oxygen atoms in total. The van der Waals surface area contributed by atoms with E-state index in [0.717, 1.165) is 4.90 Å². The molecule has 0 bridgehead atoms. The normalized spacial score (nSPS) is 9.58. The van der Waals surface area contributed by atoms with Gasteiger partial charge in [0.2, 0.25) is 0 Å². The van der Waals surface area contributed by atoms with Crippen LogP contribution >= 0.6 is 12.6 Å². The van der Waals surface area contributed by atoms with Gasteiger partial charge in [0.1, 0.15) is 12.3 Å². The van der Waals surface area contributed by atoms with Gasteiger partial charge in [-0.05, 0) is 18.2 Å². The number of ether oxygens (including phenoxy) is 1. The quantitative estimate of drug-likeness (QED) is 0.469. The third-order valence-corrected chi connectivity index (χ3v) is 1.49. The standard InChI is InChI=1S/C7H9BO3S/c9-8(10)5-11-6-2-1-3-7(12)4-6/h1-4,9-10,12H,5H2. The summed E-state index contributed by atoms with van der Waals surface area (Å²) in [5.74, 6) is 0.579. The minimum absolute atomic E-state index is 0.128. The molecule has 2 N–H and O–H groups in total. The molecule has 0 atom stereocenters. The maximum atomic E-state index is 8.49. The smallest absolute Gasteiger partial charge is 0.491 e. The van der Waals surface area contributed by atoms with E-state index in [-0.39, 0.29) is 6.51 Å². The Kier molecular flexibility index (Phi) is 3.46. The second-order valence-corrected chi connectivity index (χ2v) is 2.81. The summed E-state index contributed by atoms with van der Waals surface area (Å²) in [6.07, 6.45) is 0. The zero-order chi connectivity index (χ0) is 8.97. The Morgan fingerprint density at radius 3 is 2.75 bits per heavy atom. The minimum Gasteiger partial charge on any atom is -0.496 e. The molecular weight excluding hydrogens is 175 g/mol. The molecule has 0 aromatic heterocycles. The fourth-order valence-electron chi connectivity index (χ4n) is 0.744. The van der Waals surface area contributed by atoms with Crippen molar-refractivity contribution >= 4 is 19.7 Å². The third-order valence-electron chi connectivity index (χ3n) is 1.22. The molecule has 0 aliphatic rings. The van der Waals surface area contributed by atoms with E-state index in [0.29, 0.717) is 5.75 Å². The topological polar surface area (TPSA) is 49.7 Å². The highest BCUT2D eigenvalue weighted by atomic mass is 32.1. The average Bonchev–Trinajstić information content (AvgIpc) is 2.01. The van der Waals surface area contributed by atoms with Crippen molar-refractivity contribution in [1.82, 2.24) is 0 Å². The van der Waals surface area contributed by atoms with Gasteiger partial charge in [-0.1, -0.05) is 6.07 Å². The summed E-state index contributed by atoms with van der Waals surface area (Å²) in [5.41, 5.74) is 0. The van der Waals surface area contributed by atoms with Gasteiger partial charge in [0, 0.05) is 4.90 Å². The first-order chi connectivity index (χ1) is 5.68. The fraction of sp³-hybridized carbons (Fsp3) is 0.143. The van der Waals surface area contributed by atoms with Gasteiger partial charge in [-0.25, -0.2) is 0 Å². The van der Waals surface area contributed by atoms with Gasteiger partial charge >= 0.3 is 7.12 Å².